The minimum absolute atomic E-state index is 0.0350. The lowest BCUT2D eigenvalue weighted by atomic mass is 9.85. The van der Waals surface area contributed by atoms with E-state index in [0.29, 0.717) is 17.0 Å². The quantitative estimate of drug-likeness (QED) is 0.148. The fourth-order valence-corrected chi connectivity index (χ4v) is 4.24. The number of alkyl halides is 17. The predicted molar refractivity (Wildman–Crippen MR) is 132 cm³/mol. The van der Waals surface area contributed by atoms with E-state index in [9.17, 15) is 71.0 Å². The first-order chi connectivity index (χ1) is 21.2. The minimum Gasteiger partial charge on any atom is -0.384 e. The Balaban J connectivity index is 2.11. The maximum Gasteiger partial charge on any atom is 0.460 e. The van der Waals surface area contributed by atoms with Gasteiger partial charge in [-0.25, -0.2) is 0 Å². The molecule has 0 aliphatic carbocycles. The van der Waals surface area contributed by atoms with Gasteiger partial charge in [-0.2, -0.15) is 74.6 Å². The van der Waals surface area contributed by atoms with Crippen LogP contribution in [0.25, 0.3) is 10.8 Å². The standard InChI is InChI=1S/C28H18F17NO/c29-21(30,22(31,32)23(33,34)24(35,36)25(37,38)26(39,40)27(41,42)28(43,44)45)20(47)19(13-15-7-2-1-3-8-15)46-14-17-11-6-10-16-9-4-5-12-18(16)17/h1-12,14,19-20,47H,13H2/t19-,20+/m0/s1. The van der Waals surface area contributed by atoms with Crippen molar-refractivity contribution in [2.45, 2.75) is 66.2 Å². The summed E-state index contributed by atoms with van der Waals surface area (Å²) in [6.45, 7) is 0. The minimum atomic E-state index is -8.76. The van der Waals surface area contributed by atoms with E-state index >= 15 is 8.78 Å². The molecule has 0 spiro atoms. The van der Waals surface area contributed by atoms with Gasteiger partial charge in [0.1, 0.15) is 6.10 Å². The van der Waals surface area contributed by atoms with E-state index in [1.165, 1.54) is 42.5 Å². The zero-order valence-corrected chi connectivity index (χ0v) is 22.7. The molecule has 0 heterocycles. The van der Waals surface area contributed by atoms with Gasteiger partial charge < -0.3 is 5.11 Å². The third kappa shape index (κ3) is 5.99. The summed E-state index contributed by atoms with van der Waals surface area (Å²) in [5.41, 5.74) is -0.101. The summed E-state index contributed by atoms with van der Waals surface area (Å²) in [7, 11) is 0. The molecule has 0 aliphatic rings. The highest BCUT2D eigenvalue weighted by atomic mass is 19.4. The summed E-state index contributed by atoms with van der Waals surface area (Å²) in [5.74, 6) is -58.0. The first-order valence-electron chi connectivity index (χ1n) is 12.6. The van der Waals surface area contributed by atoms with Gasteiger partial charge in [0.05, 0.1) is 6.04 Å². The molecular weight excluding hydrogens is 689 g/mol. The Bertz CT molecular complexity index is 1560. The van der Waals surface area contributed by atoms with Crippen LogP contribution in [0.2, 0.25) is 0 Å². The molecule has 0 saturated heterocycles. The smallest absolute Gasteiger partial charge is 0.384 e. The molecule has 47 heavy (non-hydrogen) atoms. The molecule has 0 saturated carbocycles. The van der Waals surface area contributed by atoms with Gasteiger partial charge in [0, 0.05) is 11.8 Å². The number of hydrogen-bond acceptors (Lipinski definition) is 2. The molecule has 1 N–H and O–H groups in total. The second-order valence-corrected chi connectivity index (χ2v) is 10.1. The monoisotopic (exact) mass is 707 g/mol. The lowest BCUT2D eigenvalue weighted by molar-refractivity contribution is -0.464. The molecule has 260 valence electrons. The number of nitrogens with zero attached hydrogens (tertiary/aromatic N) is 1. The second-order valence-electron chi connectivity index (χ2n) is 10.1. The maximum atomic E-state index is 15.0. The van der Waals surface area contributed by atoms with Crippen LogP contribution in [0.15, 0.2) is 77.8 Å². The summed E-state index contributed by atoms with van der Waals surface area (Å²) in [5, 5.41) is 11.0. The number of benzene rings is 3. The third-order valence-electron chi connectivity index (χ3n) is 7.00. The number of rotatable bonds is 12. The Morgan fingerprint density at radius 3 is 1.51 bits per heavy atom. The van der Waals surface area contributed by atoms with Gasteiger partial charge in [0.15, 0.2) is 0 Å². The molecule has 2 nitrogen and oxygen atoms in total. The van der Waals surface area contributed by atoms with Crippen molar-refractivity contribution in [1.29, 1.82) is 0 Å². The Morgan fingerprint density at radius 1 is 0.532 bits per heavy atom. The second kappa shape index (κ2) is 12.1. The van der Waals surface area contributed by atoms with Gasteiger partial charge in [0.2, 0.25) is 0 Å². The van der Waals surface area contributed by atoms with Crippen LogP contribution in [0, 0.1) is 0 Å². The zero-order valence-electron chi connectivity index (χ0n) is 22.7. The Morgan fingerprint density at radius 2 is 0.979 bits per heavy atom. The van der Waals surface area contributed by atoms with Crippen LogP contribution in [-0.4, -0.2) is 71.1 Å². The first kappa shape index (κ1) is 37.8. The zero-order chi connectivity index (χ0) is 36.1. The summed E-state index contributed by atoms with van der Waals surface area (Å²) in [6, 6.07) is 13.5. The van der Waals surface area contributed by atoms with Crippen molar-refractivity contribution < 1.29 is 79.7 Å². The van der Waals surface area contributed by atoms with Crippen molar-refractivity contribution in [2.24, 2.45) is 4.99 Å². The van der Waals surface area contributed by atoms with E-state index in [1.54, 1.807) is 18.2 Å². The molecule has 0 unspecified atom stereocenters. The van der Waals surface area contributed by atoms with Crippen LogP contribution in [0.1, 0.15) is 11.1 Å². The van der Waals surface area contributed by atoms with E-state index in [0.717, 1.165) is 12.1 Å². The SMILES string of the molecule is O[C@H]([C@H](Cc1ccccc1)N=Cc1cccc2ccccc12)C(F)(F)C(F)(F)C(F)(F)C(F)(F)C(F)(F)C(F)(F)C(F)(F)C(F)(F)F. The molecule has 0 radical (unpaired) electrons. The Labute approximate surface area is 252 Å². The van der Waals surface area contributed by atoms with Crippen LogP contribution in [0.3, 0.4) is 0 Å². The predicted octanol–water partition coefficient (Wildman–Crippen LogP) is 9.24. The van der Waals surface area contributed by atoms with Crippen molar-refractivity contribution in [3.8, 4) is 0 Å². The molecular formula is C28H18F17NO. The lowest BCUT2D eigenvalue weighted by Gasteiger charge is -2.43. The molecule has 3 rings (SSSR count). The van der Waals surface area contributed by atoms with Crippen LogP contribution < -0.4 is 0 Å². The molecule has 0 fully saturated rings. The van der Waals surface area contributed by atoms with Gasteiger partial charge in [-0.1, -0.05) is 72.8 Å². The number of hydrogen-bond donors (Lipinski definition) is 1. The number of aliphatic hydroxyl groups excluding tert-OH is 1. The largest absolute Gasteiger partial charge is 0.460 e. The fourth-order valence-electron chi connectivity index (χ4n) is 4.24. The Hall–Kier alpha value is -3.64. The molecule has 0 aliphatic heterocycles. The fraction of sp³-hybridized carbons (Fsp3) is 0.393. The number of halogens is 17. The van der Waals surface area contributed by atoms with Crippen LogP contribution in [-0.2, 0) is 6.42 Å². The molecule has 3 aromatic rings. The number of fused-ring (bicyclic) bond motifs is 1. The number of aliphatic hydroxyl groups is 1. The summed E-state index contributed by atoms with van der Waals surface area (Å²) < 4.78 is 234. The van der Waals surface area contributed by atoms with E-state index in [4.69, 9.17) is 0 Å². The molecule has 0 amide bonds. The average Bonchev–Trinajstić information content (AvgIpc) is 2.98. The van der Waals surface area contributed by atoms with Gasteiger partial charge in [0.25, 0.3) is 0 Å². The van der Waals surface area contributed by atoms with Crippen LogP contribution >= 0.6 is 0 Å². The molecule has 2 atom stereocenters. The topological polar surface area (TPSA) is 32.6 Å². The first-order valence-corrected chi connectivity index (χ1v) is 12.6. The molecule has 0 bridgehead atoms. The third-order valence-corrected chi connectivity index (χ3v) is 7.00. The van der Waals surface area contributed by atoms with Gasteiger partial charge in [-0.05, 0) is 22.8 Å². The van der Waals surface area contributed by atoms with Gasteiger partial charge >= 0.3 is 47.6 Å². The highest BCUT2D eigenvalue weighted by Gasteiger charge is 2.95. The summed E-state index contributed by atoms with van der Waals surface area (Å²) >= 11 is 0. The van der Waals surface area contributed by atoms with Crippen molar-refractivity contribution in [1.82, 2.24) is 0 Å². The van der Waals surface area contributed by atoms with Gasteiger partial charge in [-0.15, -0.1) is 0 Å². The van der Waals surface area contributed by atoms with Crippen molar-refractivity contribution in [3.05, 3.63) is 83.9 Å². The highest BCUT2D eigenvalue weighted by Crippen LogP contribution is 2.64. The van der Waals surface area contributed by atoms with Crippen LogP contribution in [0.4, 0.5) is 74.6 Å². The molecule has 3 aromatic carbocycles. The molecule has 19 heteroatoms. The molecule has 0 aromatic heterocycles. The summed E-state index contributed by atoms with van der Waals surface area (Å²) in [4.78, 5) is 3.50. The van der Waals surface area contributed by atoms with Crippen molar-refractivity contribution in [3.63, 3.8) is 0 Å². The highest BCUT2D eigenvalue weighted by molar-refractivity contribution is 5.99. The van der Waals surface area contributed by atoms with E-state index in [2.05, 4.69) is 4.99 Å². The lowest BCUT2D eigenvalue weighted by Crippen LogP contribution is -2.75. The summed E-state index contributed by atoms with van der Waals surface area (Å²) in [6.07, 6.45) is -12.6. The normalized spacial score (nSPS) is 16.1. The van der Waals surface area contributed by atoms with Gasteiger partial charge in [-0.3, -0.25) is 4.99 Å². The van der Waals surface area contributed by atoms with Crippen LogP contribution in [0.5, 0.6) is 0 Å². The van der Waals surface area contributed by atoms with E-state index in [1.807, 2.05) is 0 Å². The van der Waals surface area contributed by atoms with Crippen molar-refractivity contribution in [2.75, 3.05) is 0 Å². The average molecular weight is 707 g/mol. The van der Waals surface area contributed by atoms with E-state index < -0.39 is 66.2 Å². The van der Waals surface area contributed by atoms with Crippen molar-refractivity contribution >= 4 is 17.0 Å². The van der Waals surface area contributed by atoms with E-state index in [-0.39, 0.29) is 11.1 Å². The maximum absolute atomic E-state index is 15.0. The Kier molecular flexibility index (Phi) is 9.74. The number of aliphatic imine (C=N–C) groups is 1.